The number of thioether (sulfide) groups is 1. The molecule has 3 heteroatoms. The molecule has 0 spiro atoms. The fourth-order valence-corrected chi connectivity index (χ4v) is 3.56. The smallest absolute Gasteiger partial charge is 0.102 e. The normalized spacial score (nSPS) is 18.7. The molecule has 1 aromatic heterocycles. The first-order valence-corrected chi connectivity index (χ1v) is 6.38. The highest BCUT2D eigenvalue weighted by atomic mass is 32.2. The van der Waals surface area contributed by atoms with Gasteiger partial charge in [0.15, 0.2) is 0 Å². The molecule has 1 saturated carbocycles. The van der Waals surface area contributed by atoms with Crippen molar-refractivity contribution in [2.24, 2.45) is 0 Å². The van der Waals surface area contributed by atoms with Gasteiger partial charge in [-0.3, -0.25) is 0 Å². The molecule has 1 aliphatic carbocycles. The van der Waals surface area contributed by atoms with Gasteiger partial charge in [0, 0.05) is 22.6 Å². The van der Waals surface area contributed by atoms with Crippen molar-refractivity contribution in [2.75, 3.05) is 0 Å². The van der Waals surface area contributed by atoms with Crippen molar-refractivity contribution in [3.8, 4) is 0 Å². The lowest BCUT2D eigenvalue weighted by atomic mass is 10.4. The van der Waals surface area contributed by atoms with Gasteiger partial charge in [0.1, 0.15) is 5.01 Å². The minimum atomic E-state index is 0.925. The largest absolute Gasteiger partial charge is 0.249 e. The zero-order valence-corrected chi connectivity index (χ0v) is 8.66. The molecule has 0 amide bonds. The molecule has 0 aliphatic heterocycles. The number of aromatic nitrogens is 1. The summed E-state index contributed by atoms with van der Waals surface area (Å²) in [4.78, 5) is 4.27. The van der Waals surface area contributed by atoms with Crippen LogP contribution in [0.2, 0.25) is 0 Å². The highest BCUT2D eigenvalue weighted by Gasteiger charge is 2.15. The summed E-state index contributed by atoms with van der Waals surface area (Å²) in [7, 11) is 0. The third kappa shape index (κ3) is 2.23. The predicted octanol–water partition coefficient (Wildman–Crippen LogP) is 3.32. The maximum atomic E-state index is 4.27. The molecule has 0 unspecified atom stereocenters. The van der Waals surface area contributed by atoms with Gasteiger partial charge in [-0.1, -0.05) is 12.8 Å². The fraction of sp³-hybridized carbons (Fsp3) is 0.667. The van der Waals surface area contributed by atoms with E-state index in [1.165, 1.54) is 30.7 Å². The molecule has 0 radical (unpaired) electrons. The first kappa shape index (κ1) is 8.57. The molecule has 2 rings (SSSR count). The van der Waals surface area contributed by atoms with E-state index in [0.717, 1.165) is 11.0 Å². The van der Waals surface area contributed by atoms with Gasteiger partial charge in [-0.2, -0.15) is 11.8 Å². The molecule has 0 bridgehead atoms. The summed E-state index contributed by atoms with van der Waals surface area (Å²) in [5.74, 6) is 1.13. The molecule has 1 fully saturated rings. The Kier molecular flexibility index (Phi) is 3.06. The van der Waals surface area contributed by atoms with Crippen molar-refractivity contribution in [3.05, 3.63) is 16.6 Å². The Morgan fingerprint density at radius 3 is 3.00 bits per heavy atom. The number of thiazole rings is 1. The molecule has 1 heterocycles. The van der Waals surface area contributed by atoms with Crippen LogP contribution in [0.1, 0.15) is 30.7 Å². The van der Waals surface area contributed by atoms with E-state index in [1.54, 1.807) is 11.3 Å². The lowest BCUT2D eigenvalue weighted by Crippen LogP contribution is -1.94. The van der Waals surface area contributed by atoms with Gasteiger partial charge in [-0.15, -0.1) is 11.3 Å². The third-order valence-electron chi connectivity index (χ3n) is 2.23. The van der Waals surface area contributed by atoms with E-state index in [1.807, 2.05) is 6.20 Å². The topological polar surface area (TPSA) is 12.9 Å². The van der Waals surface area contributed by atoms with Crippen LogP contribution < -0.4 is 0 Å². The number of hydrogen-bond donors (Lipinski definition) is 0. The first-order chi connectivity index (χ1) is 5.95. The molecule has 0 saturated heterocycles. The van der Waals surface area contributed by atoms with Crippen LogP contribution in [-0.2, 0) is 5.75 Å². The van der Waals surface area contributed by atoms with Gasteiger partial charge >= 0.3 is 0 Å². The first-order valence-electron chi connectivity index (χ1n) is 4.45. The minimum Gasteiger partial charge on any atom is -0.249 e. The average molecular weight is 199 g/mol. The van der Waals surface area contributed by atoms with Gasteiger partial charge in [0.2, 0.25) is 0 Å². The van der Waals surface area contributed by atoms with Gasteiger partial charge in [-0.25, -0.2) is 4.98 Å². The van der Waals surface area contributed by atoms with Crippen molar-refractivity contribution < 1.29 is 0 Å². The average Bonchev–Trinajstić information content (AvgIpc) is 2.74. The SMILES string of the molecule is c1csc(CSC2CCCC2)n1. The number of nitrogens with zero attached hydrogens (tertiary/aromatic N) is 1. The molecule has 1 aromatic rings. The molecule has 0 atom stereocenters. The number of hydrogen-bond acceptors (Lipinski definition) is 3. The molecule has 66 valence electrons. The quantitative estimate of drug-likeness (QED) is 0.740. The van der Waals surface area contributed by atoms with E-state index in [-0.39, 0.29) is 0 Å². The van der Waals surface area contributed by atoms with E-state index < -0.39 is 0 Å². The maximum absolute atomic E-state index is 4.27. The van der Waals surface area contributed by atoms with Crippen LogP contribution in [-0.4, -0.2) is 10.2 Å². The number of rotatable bonds is 3. The second-order valence-corrected chi connectivity index (χ2v) is 5.41. The van der Waals surface area contributed by atoms with Crippen LogP contribution in [0.15, 0.2) is 11.6 Å². The van der Waals surface area contributed by atoms with Gasteiger partial charge in [0.25, 0.3) is 0 Å². The Morgan fingerprint density at radius 2 is 2.33 bits per heavy atom. The van der Waals surface area contributed by atoms with Crippen LogP contribution in [0.5, 0.6) is 0 Å². The van der Waals surface area contributed by atoms with Gasteiger partial charge < -0.3 is 0 Å². The summed E-state index contributed by atoms with van der Waals surface area (Å²) < 4.78 is 0. The van der Waals surface area contributed by atoms with Gasteiger partial charge in [0.05, 0.1) is 0 Å². The Labute approximate surface area is 81.6 Å². The summed E-state index contributed by atoms with van der Waals surface area (Å²) in [6.45, 7) is 0. The fourth-order valence-electron chi connectivity index (χ4n) is 1.57. The molecule has 0 N–H and O–H groups in total. The van der Waals surface area contributed by atoms with Crippen LogP contribution in [0.25, 0.3) is 0 Å². The van der Waals surface area contributed by atoms with Crippen LogP contribution >= 0.6 is 23.1 Å². The van der Waals surface area contributed by atoms with Crippen LogP contribution in [0.3, 0.4) is 0 Å². The van der Waals surface area contributed by atoms with E-state index in [9.17, 15) is 0 Å². The van der Waals surface area contributed by atoms with Crippen LogP contribution in [0, 0.1) is 0 Å². The Balaban J connectivity index is 1.74. The standard InChI is InChI=1S/C9H13NS2/c1-2-4-8(3-1)12-7-9-10-5-6-11-9/h5-6,8H,1-4,7H2. The third-order valence-corrected chi connectivity index (χ3v) is 4.57. The van der Waals surface area contributed by atoms with Crippen molar-refractivity contribution in [3.63, 3.8) is 0 Å². The minimum absolute atomic E-state index is 0.925. The monoisotopic (exact) mass is 199 g/mol. The lowest BCUT2D eigenvalue weighted by Gasteiger charge is -2.05. The summed E-state index contributed by atoms with van der Waals surface area (Å²) in [5.41, 5.74) is 0. The predicted molar refractivity (Wildman–Crippen MR) is 55.7 cm³/mol. The Morgan fingerprint density at radius 1 is 1.50 bits per heavy atom. The van der Waals surface area contributed by atoms with E-state index in [2.05, 4.69) is 22.1 Å². The summed E-state index contributed by atoms with van der Waals surface area (Å²) >= 11 is 3.86. The summed E-state index contributed by atoms with van der Waals surface area (Å²) in [6.07, 6.45) is 7.63. The van der Waals surface area contributed by atoms with Crippen molar-refractivity contribution in [1.82, 2.24) is 4.98 Å². The lowest BCUT2D eigenvalue weighted by molar-refractivity contribution is 0.886. The zero-order chi connectivity index (χ0) is 8.23. The van der Waals surface area contributed by atoms with Gasteiger partial charge in [-0.05, 0) is 12.8 Å². The molecule has 0 aromatic carbocycles. The zero-order valence-electron chi connectivity index (χ0n) is 7.03. The van der Waals surface area contributed by atoms with Crippen molar-refractivity contribution in [1.29, 1.82) is 0 Å². The second-order valence-electron chi connectivity index (χ2n) is 3.14. The Hall–Kier alpha value is -0.0200. The van der Waals surface area contributed by atoms with Crippen LogP contribution in [0.4, 0.5) is 0 Å². The second kappa shape index (κ2) is 4.28. The summed E-state index contributed by atoms with van der Waals surface area (Å²) in [6, 6.07) is 0. The highest BCUT2D eigenvalue weighted by Crippen LogP contribution is 2.31. The van der Waals surface area contributed by atoms with Crippen molar-refractivity contribution in [2.45, 2.75) is 36.7 Å². The molecule has 1 nitrogen and oxygen atoms in total. The highest BCUT2D eigenvalue weighted by molar-refractivity contribution is 7.99. The van der Waals surface area contributed by atoms with E-state index >= 15 is 0 Å². The van der Waals surface area contributed by atoms with Crippen molar-refractivity contribution >= 4 is 23.1 Å². The van der Waals surface area contributed by atoms with E-state index in [0.29, 0.717) is 0 Å². The summed E-state index contributed by atoms with van der Waals surface area (Å²) in [5, 5.41) is 4.27. The van der Waals surface area contributed by atoms with E-state index in [4.69, 9.17) is 0 Å². The molecule has 12 heavy (non-hydrogen) atoms. The Bertz CT molecular complexity index is 214. The maximum Gasteiger partial charge on any atom is 0.102 e. The molecule has 1 aliphatic rings. The molecular weight excluding hydrogens is 186 g/mol. The molecular formula is C9H13NS2.